The van der Waals surface area contributed by atoms with E-state index in [1.54, 1.807) is 0 Å². The Morgan fingerprint density at radius 1 is 1.31 bits per heavy atom. The fraction of sp³-hybridized carbons (Fsp3) is 0.455. The first-order valence-electron chi connectivity index (χ1n) is 4.95. The van der Waals surface area contributed by atoms with Crippen LogP contribution in [0.25, 0.3) is 0 Å². The van der Waals surface area contributed by atoms with E-state index in [4.69, 9.17) is 0 Å². The lowest BCUT2D eigenvalue weighted by Crippen LogP contribution is -2.24. The summed E-state index contributed by atoms with van der Waals surface area (Å²) in [6.07, 6.45) is -4.90. The molecule has 0 saturated carbocycles. The van der Waals surface area contributed by atoms with Gasteiger partial charge in [0.1, 0.15) is 0 Å². The molecular weight excluding hydrogens is 283 g/mol. The second-order valence-corrected chi connectivity index (χ2v) is 4.42. The molecule has 1 N–H and O–H groups in total. The van der Waals surface area contributed by atoms with E-state index in [0.29, 0.717) is 0 Å². The quantitative estimate of drug-likeness (QED) is 0.883. The molecule has 0 aliphatic heterocycles. The molecule has 0 amide bonds. The number of hydrogen-bond acceptors (Lipinski definition) is 1. The third kappa shape index (κ3) is 4.53. The van der Waals surface area contributed by atoms with Crippen molar-refractivity contribution in [1.82, 2.24) is 5.32 Å². The predicted octanol–water partition coefficient (Wildman–Crippen LogP) is 4.05. The van der Waals surface area contributed by atoms with Crippen LogP contribution < -0.4 is 5.32 Å². The van der Waals surface area contributed by atoms with Crippen LogP contribution >= 0.6 is 15.9 Å². The van der Waals surface area contributed by atoms with Gasteiger partial charge in [0.2, 0.25) is 0 Å². The first kappa shape index (κ1) is 13.5. The van der Waals surface area contributed by atoms with Gasteiger partial charge in [0.25, 0.3) is 0 Å². The van der Waals surface area contributed by atoms with Crippen LogP contribution in [0.15, 0.2) is 28.7 Å². The molecule has 90 valence electrons. The zero-order chi connectivity index (χ0) is 12.2. The fourth-order valence-electron chi connectivity index (χ4n) is 1.37. The molecule has 0 aromatic heterocycles. The average Bonchev–Trinajstić information content (AvgIpc) is 2.16. The molecule has 0 saturated heterocycles. The number of hydrogen-bond donors (Lipinski definition) is 1. The van der Waals surface area contributed by atoms with Gasteiger partial charge < -0.3 is 5.32 Å². The molecule has 1 atom stereocenters. The zero-order valence-corrected chi connectivity index (χ0v) is 10.4. The maximum absolute atomic E-state index is 11.9. The Morgan fingerprint density at radius 3 is 2.50 bits per heavy atom. The Hall–Kier alpha value is -0.550. The Labute approximate surface area is 101 Å². The van der Waals surface area contributed by atoms with Crippen molar-refractivity contribution in [2.75, 3.05) is 6.54 Å². The lowest BCUT2D eigenvalue weighted by molar-refractivity contribution is -0.133. The van der Waals surface area contributed by atoms with Crippen molar-refractivity contribution in [2.45, 2.75) is 25.6 Å². The van der Waals surface area contributed by atoms with Gasteiger partial charge in [-0.1, -0.05) is 34.1 Å². The normalized spacial score (nSPS) is 13.8. The summed E-state index contributed by atoms with van der Waals surface area (Å²) in [6, 6.07) is 7.39. The number of halogens is 4. The molecule has 5 heteroatoms. The highest BCUT2D eigenvalue weighted by Crippen LogP contribution is 2.23. The molecule has 1 aromatic carbocycles. The topological polar surface area (TPSA) is 12.0 Å². The second kappa shape index (κ2) is 5.68. The van der Waals surface area contributed by atoms with Crippen molar-refractivity contribution < 1.29 is 13.2 Å². The van der Waals surface area contributed by atoms with Gasteiger partial charge in [0.15, 0.2) is 0 Å². The molecule has 1 nitrogen and oxygen atoms in total. The summed E-state index contributed by atoms with van der Waals surface area (Å²) in [4.78, 5) is 0. The molecule has 1 rings (SSSR count). The molecule has 0 heterocycles. The molecule has 0 unspecified atom stereocenters. The monoisotopic (exact) mass is 295 g/mol. The lowest BCUT2D eigenvalue weighted by atomic mass is 10.1. The molecule has 0 aliphatic rings. The summed E-state index contributed by atoms with van der Waals surface area (Å²) in [5.74, 6) is 0. The summed E-state index contributed by atoms with van der Waals surface area (Å²) in [6.45, 7) is 1.78. The first-order chi connectivity index (χ1) is 7.40. The molecular formula is C11H13BrF3N. The minimum absolute atomic E-state index is 0.0635. The van der Waals surface area contributed by atoms with Crippen LogP contribution in [0.1, 0.15) is 24.9 Å². The summed E-state index contributed by atoms with van der Waals surface area (Å²) >= 11 is 3.37. The van der Waals surface area contributed by atoms with Crippen LogP contribution in [0, 0.1) is 0 Å². The Balaban J connectivity index is 2.47. The molecule has 0 bridgehead atoms. The fourth-order valence-corrected chi connectivity index (χ4v) is 1.99. The standard InChI is InChI=1S/C11H13BrF3N/c1-8(16-7-6-11(13,14)15)9-4-2-3-5-10(9)12/h2-5,8,16H,6-7H2,1H3/t8-/m1/s1. The van der Waals surface area contributed by atoms with Gasteiger partial charge in [-0.3, -0.25) is 0 Å². The highest BCUT2D eigenvalue weighted by atomic mass is 79.9. The van der Waals surface area contributed by atoms with Gasteiger partial charge in [-0.25, -0.2) is 0 Å². The summed E-state index contributed by atoms with van der Waals surface area (Å²) in [5.41, 5.74) is 0.963. The van der Waals surface area contributed by atoms with E-state index in [1.807, 2.05) is 31.2 Å². The van der Waals surface area contributed by atoms with Gasteiger partial charge in [0.05, 0.1) is 6.42 Å². The van der Waals surface area contributed by atoms with Crippen LogP contribution in [0.2, 0.25) is 0 Å². The minimum Gasteiger partial charge on any atom is -0.310 e. The zero-order valence-electron chi connectivity index (χ0n) is 8.81. The highest BCUT2D eigenvalue weighted by molar-refractivity contribution is 9.10. The van der Waals surface area contributed by atoms with E-state index in [-0.39, 0.29) is 12.6 Å². The van der Waals surface area contributed by atoms with Crippen molar-refractivity contribution in [3.8, 4) is 0 Å². The Morgan fingerprint density at radius 2 is 1.94 bits per heavy atom. The van der Waals surface area contributed by atoms with Crippen LogP contribution in [-0.2, 0) is 0 Å². The maximum Gasteiger partial charge on any atom is 0.390 e. The molecule has 0 aliphatic carbocycles. The van der Waals surface area contributed by atoms with Crippen LogP contribution in [0.4, 0.5) is 13.2 Å². The highest BCUT2D eigenvalue weighted by Gasteiger charge is 2.26. The Bertz CT molecular complexity index is 338. The van der Waals surface area contributed by atoms with Gasteiger partial charge in [-0.2, -0.15) is 13.2 Å². The van der Waals surface area contributed by atoms with Crippen LogP contribution in [-0.4, -0.2) is 12.7 Å². The van der Waals surface area contributed by atoms with Gasteiger partial charge in [-0.15, -0.1) is 0 Å². The molecule has 16 heavy (non-hydrogen) atoms. The molecule has 0 radical (unpaired) electrons. The van der Waals surface area contributed by atoms with Crippen LogP contribution in [0.3, 0.4) is 0 Å². The van der Waals surface area contributed by atoms with Crippen molar-refractivity contribution in [2.24, 2.45) is 0 Å². The van der Waals surface area contributed by atoms with Crippen molar-refractivity contribution in [3.05, 3.63) is 34.3 Å². The lowest BCUT2D eigenvalue weighted by Gasteiger charge is -2.16. The predicted molar refractivity (Wildman–Crippen MR) is 61.2 cm³/mol. The van der Waals surface area contributed by atoms with E-state index in [2.05, 4.69) is 21.2 Å². The molecule has 0 fully saturated rings. The first-order valence-corrected chi connectivity index (χ1v) is 5.74. The smallest absolute Gasteiger partial charge is 0.310 e. The van der Waals surface area contributed by atoms with E-state index >= 15 is 0 Å². The van der Waals surface area contributed by atoms with E-state index in [0.717, 1.165) is 10.0 Å². The number of benzene rings is 1. The maximum atomic E-state index is 11.9. The third-order valence-corrected chi connectivity index (χ3v) is 2.95. The number of nitrogens with one attached hydrogen (secondary N) is 1. The van der Waals surface area contributed by atoms with Gasteiger partial charge in [0, 0.05) is 17.1 Å². The number of alkyl halides is 3. The third-order valence-electron chi connectivity index (χ3n) is 2.23. The van der Waals surface area contributed by atoms with E-state index < -0.39 is 12.6 Å². The summed E-state index contributed by atoms with van der Waals surface area (Å²) < 4.78 is 36.7. The number of rotatable bonds is 4. The summed E-state index contributed by atoms with van der Waals surface area (Å²) in [5, 5.41) is 2.85. The van der Waals surface area contributed by atoms with Crippen molar-refractivity contribution in [1.29, 1.82) is 0 Å². The average molecular weight is 296 g/mol. The Kier molecular flexibility index (Phi) is 4.80. The van der Waals surface area contributed by atoms with Crippen LogP contribution in [0.5, 0.6) is 0 Å². The second-order valence-electron chi connectivity index (χ2n) is 3.56. The van der Waals surface area contributed by atoms with Crippen molar-refractivity contribution >= 4 is 15.9 Å². The SMILES string of the molecule is C[C@@H](NCCC(F)(F)F)c1ccccc1Br. The van der Waals surface area contributed by atoms with Crippen molar-refractivity contribution in [3.63, 3.8) is 0 Å². The minimum atomic E-state index is -4.10. The summed E-state index contributed by atoms with van der Waals surface area (Å²) in [7, 11) is 0. The van der Waals surface area contributed by atoms with Gasteiger partial charge >= 0.3 is 6.18 Å². The van der Waals surface area contributed by atoms with Gasteiger partial charge in [-0.05, 0) is 18.6 Å². The molecule has 0 spiro atoms. The van der Waals surface area contributed by atoms with E-state index in [1.165, 1.54) is 0 Å². The largest absolute Gasteiger partial charge is 0.390 e. The van der Waals surface area contributed by atoms with E-state index in [9.17, 15) is 13.2 Å². The molecule has 1 aromatic rings.